The third-order valence-corrected chi connectivity index (χ3v) is 2.84. The molecule has 1 atom stereocenters. The van der Waals surface area contributed by atoms with Gasteiger partial charge in [-0.15, -0.1) is 0 Å². The van der Waals surface area contributed by atoms with Gasteiger partial charge in [-0.2, -0.15) is 0 Å². The largest absolute Gasteiger partial charge is 0.326 e. The van der Waals surface area contributed by atoms with E-state index in [1.165, 1.54) is 19.4 Å². The first-order valence-corrected chi connectivity index (χ1v) is 5.48. The summed E-state index contributed by atoms with van der Waals surface area (Å²) in [6, 6.07) is 0. The van der Waals surface area contributed by atoms with Crippen LogP contribution in [0.25, 0.3) is 0 Å². The summed E-state index contributed by atoms with van der Waals surface area (Å²) in [4.78, 5) is 0. The van der Waals surface area contributed by atoms with Crippen LogP contribution in [0.1, 0.15) is 40.0 Å². The highest BCUT2D eigenvalue weighted by atomic mass is 14.9. The Hall–Kier alpha value is -0.0800. The van der Waals surface area contributed by atoms with Crippen molar-refractivity contribution in [2.75, 3.05) is 13.1 Å². The summed E-state index contributed by atoms with van der Waals surface area (Å²) < 4.78 is 0. The van der Waals surface area contributed by atoms with Crippen LogP contribution < -0.4 is 11.1 Å². The maximum Gasteiger partial charge on any atom is 0.0109 e. The summed E-state index contributed by atoms with van der Waals surface area (Å²) in [5, 5.41) is 3.48. The van der Waals surface area contributed by atoms with Crippen LogP contribution in [-0.2, 0) is 0 Å². The molecule has 13 heavy (non-hydrogen) atoms. The highest BCUT2D eigenvalue weighted by Gasteiger charge is 2.27. The number of hydrogen-bond acceptors (Lipinski definition) is 2. The Morgan fingerprint density at radius 3 is 2.54 bits per heavy atom. The lowest BCUT2D eigenvalue weighted by Crippen LogP contribution is -2.36. The molecule has 0 heterocycles. The molecule has 1 aliphatic rings. The maximum atomic E-state index is 5.88. The Labute approximate surface area is 82.3 Å². The van der Waals surface area contributed by atoms with E-state index in [0.717, 1.165) is 24.8 Å². The molecule has 2 heteroatoms. The van der Waals surface area contributed by atoms with Crippen molar-refractivity contribution in [3.63, 3.8) is 0 Å². The van der Waals surface area contributed by atoms with E-state index in [1.54, 1.807) is 0 Å². The molecule has 0 aliphatic heterocycles. The molecule has 2 nitrogen and oxygen atoms in total. The summed E-state index contributed by atoms with van der Waals surface area (Å²) in [5.41, 5.74) is 5.87. The molecule has 1 saturated carbocycles. The van der Waals surface area contributed by atoms with Gasteiger partial charge in [-0.1, -0.05) is 6.92 Å². The van der Waals surface area contributed by atoms with Crippen LogP contribution >= 0.6 is 0 Å². The number of rotatable bonds is 6. The van der Waals surface area contributed by atoms with E-state index in [0.29, 0.717) is 0 Å². The standard InChI is InChI=1S/C11H24N2/c1-9(10-4-5-10)8-13-7-6-11(2,3)12/h9-10,13H,4-8,12H2,1-3H3. The van der Waals surface area contributed by atoms with Crippen molar-refractivity contribution in [3.8, 4) is 0 Å². The van der Waals surface area contributed by atoms with Gasteiger partial charge in [0.15, 0.2) is 0 Å². The Morgan fingerprint density at radius 1 is 1.46 bits per heavy atom. The van der Waals surface area contributed by atoms with Crippen molar-refractivity contribution in [3.05, 3.63) is 0 Å². The van der Waals surface area contributed by atoms with Gasteiger partial charge in [0, 0.05) is 5.54 Å². The summed E-state index contributed by atoms with van der Waals surface area (Å²) in [5.74, 6) is 1.87. The minimum Gasteiger partial charge on any atom is -0.326 e. The highest BCUT2D eigenvalue weighted by molar-refractivity contribution is 4.80. The predicted octanol–water partition coefficient (Wildman–Crippen LogP) is 1.75. The molecule has 0 radical (unpaired) electrons. The fraction of sp³-hybridized carbons (Fsp3) is 1.00. The van der Waals surface area contributed by atoms with E-state index in [4.69, 9.17) is 5.73 Å². The molecule has 78 valence electrons. The van der Waals surface area contributed by atoms with Gasteiger partial charge in [0.1, 0.15) is 0 Å². The SMILES string of the molecule is CC(CNCCC(C)(C)N)C1CC1. The van der Waals surface area contributed by atoms with Gasteiger partial charge >= 0.3 is 0 Å². The lowest BCUT2D eigenvalue weighted by molar-refractivity contribution is 0.417. The van der Waals surface area contributed by atoms with Crippen molar-refractivity contribution in [2.45, 2.75) is 45.6 Å². The Bertz CT molecular complexity index is 145. The Balaban J connectivity index is 1.94. The van der Waals surface area contributed by atoms with Crippen LogP contribution in [0.15, 0.2) is 0 Å². The van der Waals surface area contributed by atoms with Crippen LogP contribution in [0.3, 0.4) is 0 Å². The predicted molar refractivity (Wildman–Crippen MR) is 57.6 cm³/mol. The lowest BCUT2D eigenvalue weighted by Gasteiger charge is -2.19. The molecule has 0 amide bonds. The Morgan fingerprint density at radius 2 is 2.08 bits per heavy atom. The highest BCUT2D eigenvalue weighted by Crippen LogP contribution is 2.35. The van der Waals surface area contributed by atoms with Gasteiger partial charge < -0.3 is 11.1 Å². The molecule has 0 spiro atoms. The van der Waals surface area contributed by atoms with Crippen LogP contribution in [0.2, 0.25) is 0 Å². The normalized spacial score (nSPS) is 20.3. The average Bonchev–Trinajstić information content (AvgIpc) is 2.77. The fourth-order valence-corrected chi connectivity index (χ4v) is 1.57. The maximum absolute atomic E-state index is 5.88. The molecule has 1 aliphatic carbocycles. The summed E-state index contributed by atoms with van der Waals surface area (Å²) in [6.07, 6.45) is 3.96. The first-order valence-electron chi connectivity index (χ1n) is 5.48. The molecule has 3 N–H and O–H groups in total. The van der Waals surface area contributed by atoms with Crippen LogP contribution in [0.5, 0.6) is 0 Å². The second kappa shape index (κ2) is 4.43. The monoisotopic (exact) mass is 184 g/mol. The third kappa shape index (κ3) is 5.27. The number of nitrogens with one attached hydrogen (secondary N) is 1. The van der Waals surface area contributed by atoms with Crippen LogP contribution in [0, 0.1) is 11.8 Å². The first kappa shape index (κ1) is 11.0. The molecule has 1 unspecified atom stereocenters. The smallest absolute Gasteiger partial charge is 0.0109 e. The molecular formula is C11H24N2. The van der Waals surface area contributed by atoms with Gasteiger partial charge in [-0.25, -0.2) is 0 Å². The molecular weight excluding hydrogens is 160 g/mol. The second-order valence-electron chi connectivity index (χ2n) is 5.26. The molecule has 0 aromatic rings. The van der Waals surface area contributed by atoms with Crippen molar-refractivity contribution < 1.29 is 0 Å². The minimum atomic E-state index is -0.0180. The number of hydrogen-bond donors (Lipinski definition) is 2. The van der Waals surface area contributed by atoms with E-state index in [9.17, 15) is 0 Å². The van der Waals surface area contributed by atoms with Crippen molar-refractivity contribution in [1.82, 2.24) is 5.32 Å². The van der Waals surface area contributed by atoms with Crippen molar-refractivity contribution in [2.24, 2.45) is 17.6 Å². The van der Waals surface area contributed by atoms with Crippen LogP contribution in [-0.4, -0.2) is 18.6 Å². The Kier molecular flexibility index (Phi) is 3.74. The molecule has 1 fully saturated rings. The van der Waals surface area contributed by atoms with Gasteiger partial charge in [0.05, 0.1) is 0 Å². The van der Waals surface area contributed by atoms with Gasteiger partial charge in [0.25, 0.3) is 0 Å². The summed E-state index contributed by atoms with van der Waals surface area (Å²) in [6.45, 7) is 8.73. The van der Waals surface area contributed by atoms with Crippen molar-refractivity contribution in [1.29, 1.82) is 0 Å². The molecule has 0 aromatic carbocycles. The van der Waals surface area contributed by atoms with E-state index >= 15 is 0 Å². The first-order chi connectivity index (χ1) is 5.99. The van der Waals surface area contributed by atoms with E-state index in [2.05, 4.69) is 26.1 Å². The zero-order valence-electron chi connectivity index (χ0n) is 9.27. The summed E-state index contributed by atoms with van der Waals surface area (Å²) >= 11 is 0. The zero-order valence-corrected chi connectivity index (χ0v) is 9.27. The molecule has 0 saturated heterocycles. The van der Waals surface area contributed by atoms with E-state index < -0.39 is 0 Å². The molecule has 0 aromatic heterocycles. The zero-order chi connectivity index (χ0) is 9.90. The number of nitrogens with two attached hydrogens (primary N) is 1. The van der Waals surface area contributed by atoms with Crippen molar-refractivity contribution >= 4 is 0 Å². The summed E-state index contributed by atoms with van der Waals surface area (Å²) in [7, 11) is 0. The quantitative estimate of drug-likeness (QED) is 0.617. The average molecular weight is 184 g/mol. The topological polar surface area (TPSA) is 38.0 Å². The second-order valence-corrected chi connectivity index (χ2v) is 5.26. The molecule has 1 rings (SSSR count). The molecule has 0 bridgehead atoms. The van der Waals surface area contributed by atoms with E-state index in [1.807, 2.05) is 0 Å². The lowest BCUT2D eigenvalue weighted by atomic mass is 10.0. The minimum absolute atomic E-state index is 0.0180. The fourth-order valence-electron chi connectivity index (χ4n) is 1.57. The third-order valence-electron chi connectivity index (χ3n) is 2.84. The van der Waals surface area contributed by atoms with Gasteiger partial charge in [-0.3, -0.25) is 0 Å². The van der Waals surface area contributed by atoms with E-state index in [-0.39, 0.29) is 5.54 Å². The van der Waals surface area contributed by atoms with Crippen LogP contribution in [0.4, 0.5) is 0 Å². The van der Waals surface area contributed by atoms with Gasteiger partial charge in [0.2, 0.25) is 0 Å². The van der Waals surface area contributed by atoms with Gasteiger partial charge in [-0.05, 0) is 58.0 Å².